The Morgan fingerprint density at radius 3 is 2.19 bits per heavy atom. The van der Waals surface area contributed by atoms with Gasteiger partial charge in [0.2, 0.25) is 0 Å². The van der Waals surface area contributed by atoms with Gasteiger partial charge in [0.1, 0.15) is 0 Å². The molecule has 4 aromatic rings. The highest BCUT2D eigenvalue weighted by molar-refractivity contribution is 5.86. The molecule has 0 radical (unpaired) electrons. The van der Waals surface area contributed by atoms with Crippen molar-refractivity contribution >= 4 is 11.4 Å². The van der Waals surface area contributed by atoms with Crippen LogP contribution in [0, 0.1) is 10.4 Å². The molecule has 0 unspecified atom stereocenters. The molecule has 0 aliphatic carbocycles. The summed E-state index contributed by atoms with van der Waals surface area (Å²) in [4.78, 5) is 9.52. The van der Waals surface area contributed by atoms with Crippen LogP contribution >= 0.6 is 0 Å². The molecule has 2 aliphatic heterocycles. The third-order valence-corrected chi connectivity index (χ3v) is 4.41. The Bertz CT molecular complexity index is 1300. The largest absolute Gasteiger partial charge is 0.248 e. The van der Waals surface area contributed by atoms with Crippen molar-refractivity contribution in [3.63, 3.8) is 0 Å². The van der Waals surface area contributed by atoms with E-state index >= 15 is 0 Å². The lowest BCUT2D eigenvalue weighted by atomic mass is 10.0. The van der Waals surface area contributed by atoms with E-state index in [2.05, 4.69) is 63.9 Å². The van der Waals surface area contributed by atoms with Gasteiger partial charge in [0.05, 0.1) is 34.5 Å². The van der Waals surface area contributed by atoms with Gasteiger partial charge >= 0.3 is 0 Å². The van der Waals surface area contributed by atoms with Crippen molar-refractivity contribution in [3.05, 3.63) is 100 Å². The van der Waals surface area contributed by atoms with E-state index in [1.54, 1.807) is 18.5 Å². The van der Waals surface area contributed by atoms with Crippen LogP contribution in [0.5, 0.6) is 0 Å². The lowest BCUT2D eigenvalue weighted by Gasteiger charge is -2.01. The average molecular weight is 335 g/mol. The van der Waals surface area contributed by atoms with Gasteiger partial charge in [-0.05, 0) is 35.5 Å². The number of nitrogens with zero attached hydrogens (tertiary/aromatic N) is 5. The number of hydrogen-bond acceptors (Lipinski definition) is 5. The number of aromatic nitrogens is 3. The zero-order valence-electron chi connectivity index (χ0n) is 13.7. The van der Waals surface area contributed by atoms with Gasteiger partial charge in [-0.25, -0.2) is 9.98 Å². The van der Waals surface area contributed by atoms with Crippen LogP contribution in [0.3, 0.4) is 0 Å². The van der Waals surface area contributed by atoms with Crippen LogP contribution < -0.4 is 10.7 Å². The zero-order valence-corrected chi connectivity index (χ0v) is 13.7. The Labute approximate surface area is 148 Å². The summed E-state index contributed by atoms with van der Waals surface area (Å²) in [5.41, 5.74) is 4.48. The Hall–Kier alpha value is -3.73. The number of fused-ring (bicyclic) bond motifs is 6. The first-order valence-electron chi connectivity index (χ1n) is 8.29. The van der Waals surface area contributed by atoms with Crippen molar-refractivity contribution in [3.8, 4) is 11.1 Å². The zero-order chi connectivity index (χ0) is 17.3. The highest BCUT2D eigenvalue weighted by Crippen LogP contribution is 2.38. The third-order valence-electron chi connectivity index (χ3n) is 4.41. The molecule has 0 fully saturated rings. The third kappa shape index (κ3) is 2.29. The average Bonchev–Trinajstić information content (AvgIpc) is 3.27. The molecule has 5 heteroatoms. The van der Waals surface area contributed by atoms with E-state index in [-0.39, 0.29) is 0 Å². The molecule has 3 aromatic carbocycles. The standard InChI is InChI=1S/C18H10N2.C3H3N3/c1-3-7-14-11(5-1)12-9-10-16-17(18(12)20-14)13-6-2-4-8-15(13)19-16;1-2-4-6-5-3-1/h1-10H;1-3H. The summed E-state index contributed by atoms with van der Waals surface area (Å²) in [7, 11) is 0. The first-order chi connectivity index (χ1) is 12.9. The van der Waals surface area contributed by atoms with Gasteiger partial charge in [-0.3, -0.25) is 0 Å². The maximum absolute atomic E-state index is 4.83. The van der Waals surface area contributed by atoms with E-state index in [1.165, 1.54) is 21.6 Å². The van der Waals surface area contributed by atoms with E-state index in [0.29, 0.717) is 0 Å². The van der Waals surface area contributed by atoms with Crippen LogP contribution in [0.1, 0.15) is 0 Å². The summed E-state index contributed by atoms with van der Waals surface area (Å²) in [6, 6.07) is 22.5. The van der Waals surface area contributed by atoms with E-state index < -0.39 is 0 Å². The van der Waals surface area contributed by atoms with Crippen LogP contribution in [-0.2, 0) is 0 Å². The first-order valence-corrected chi connectivity index (χ1v) is 8.29. The SMILES string of the molecule is c1ccc2c(c1)N=c1ccc3c(c1-2)N=c1ccccc1=3.c1cnnnc1. The predicted octanol–water partition coefficient (Wildman–Crippen LogP) is 3.04. The topological polar surface area (TPSA) is 63.4 Å². The van der Waals surface area contributed by atoms with Gasteiger partial charge in [0.15, 0.2) is 0 Å². The molecule has 0 saturated carbocycles. The van der Waals surface area contributed by atoms with Gasteiger partial charge in [-0.2, -0.15) is 0 Å². The highest BCUT2D eigenvalue weighted by Gasteiger charge is 2.19. The molecule has 2 aliphatic rings. The fourth-order valence-corrected chi connectivity index (χ4v) is 3.31. The Morgan fingerprint density at radius 2 is 1.38 bits per heavy atom. The van der Waals surface area contributed by atoms with Gasteiger partial charge in [-0.15, -0.1) is 10.2 Å². The van der Waals surface area contributed by atoms with Gasteiger partial charge in [0.25, 0.3) is 0 Å². The second-order valence-electron chi connectivity index (χ2n) is 5.92. The summed E-state index contributed by atoms with van der Waals surface area (Å²) in [5.74, 6) is 0. The van der Waals surface area contributed by atoms with Crippen molar-refractivity contribution in [1.82, 2.24) is 15.4 Å². The molecule has 3 heterocycles. The van der Waals surface area contributed by atoms with Crippen molar-refractivity contribution in [1.29, 1.82) is 0 Å². The molecular weight excluding hydrogens is 322 g/mol. The minimum Gasteiger partial charge on any atom is -0.248 e. The smallest absolute Gasteiger partial charge is 0.0817 e. The van der Waals surface area contributed by atoms with Crippen molar-refractivity contribution in [2.75, 3.05) is 0 Å². The van der Waals surface area contributed by atoms with E-state index in [9.17, 15) is 0 Å². The van der Waals surface area contributed by atoms with Crippen LogP contribution in [0.25, 0.3) is 11.1 Å². The fraction of sp³-hybridized carbons (Fsp3) is 0. The number of hydrogen-bond donors (Lipinski definition) is 0. The molecule has 0 spiro atoms. The van der Waals surface area contributed by atoms with E-state index in [4.69, 9.17) is 9.98 Å². The molecule has 6 rings (SSSR count). The summed E-state index contributed by atoms with van der Waals surface area (Å²) >= 11 is 0. The molecule has 122 valence electrons. The second kappa shape index (κ2) is 5.97. The molecule has 26 heavy (non-hydrogen) atoms. The summed E-state index contributed by atoms with van der Waals surface area (Å²) in [6.07, 6.45) is 3.15. The first kappa shape index (κ1) is 14.6. The Kier molecular flexibility index (Phi) is 3.35. The van der Waals surface area contributed by atoms with Crippen LogP contribution in [0.15, 0.2) is 89.1 Å². The summed E-state index contributed by atoms with van der Waals surface area (Å²) in [6.45, 7) is 0. The van der Waals surface area contributed by atoms with Crippen molar-refractivity contribution in [2.24, 2.45) is 9.98 Å². The number of para-hydroxylation sites is 2. The maximum atomic E-state index is 4.83. The lowest BCUT2D eigenvalue weighted by Crippen LogP contribution is -2.00. The van der Waals surface area contributed by atoms with Gasteiger partial charge < -0.3 is 0 Å². The Morgan fingerprint density at radius 1 is 0.577 bits per heavy atom. The van der Waals surface area contributed by atoms with Gasteiger partial charge in [-0.1, -0.05) is 36.4 Å². The normalized spacial score (nSPS) is 11.7. The minimum atomic E-state index is 1.03. The van der Waals surface area contributed by atoms with Crippen LogP contribution in [0.2, 0.25) is 0 Å². The molecule has 0 saturated heterocycles. The molecule has 5 nitrogen and oxygen atoms in total. The van der Waals surface area contributed by atoms with Crippen molar-refractivity contribution < 1.29 is 0 Å². The number of rotatable bonds is 0. The lowest BCUT2D eigenvalue weighted by molar-refractivity contribution is 0.865. The van der Waals surface area contributed by atoms with Crippen LogP contribution in [-0.4, -0.2) is 15.4 Å². The fourth-order valence-electron chi connectivity index (χ4n) is 3.31. The second-order valence-corrected chi connectivity index (χ2v) is 5.92. The molecule has 0 amide bonds. The molecule has 1 aromatic heterocycles. The molecule has 0 N–H and O–H groups in total. The number of benzene rings is 3. The minimum absolute atomic E-state index is 1.03. The van der Waals surface area contributed by atoms with Crippen molar-refractivity contribution in [2.45, 2.75) is 0 Å². The summed E-state index contributed by atoms with van der Waals surface area (Å²) < 4.78 is 0. The summed E-state index contributed by atoms with van der Waals surface area (Å²) in [5, 5.41) is 14.6. The monoisotopic (exact) mass is 335 g/mol. The van der Waals surface area contributed by atoms with E-state index in [0.717, 1.165) is 22.1 Å². The Balaban J connectivity index is 0.000000215. The highest BCUT2D eigenvalue weighted by atomic mass is 15.3. The maximum Gasteiger partial charge on any atom is 0.0817 e. The van der Waals surface area contributed by atoms with Gasteiger partial charge in [0, 0.05) is 21.6 Å². The predicted molar refractivity (Wildman–Crippen MR) is 97.5 cm³/mol. The molecule has 0 atom stereocenters. The van der Waals surface area contributed by atoms with E-state index in [1.807, 2.05) is 12.1 Å². The quantitative estimate of drug-likeness (QED) is 0.429. The molecular formula is C21H13N5. The molecule has 0 bridgehead atoms. The van der Waals surface area contributed by atoms with Crippen LogP contribution in [0.4, 0.5) is 11.4 Å².